The maximum atomic E-state index is 12.0. The SMILES string of the molecule is CCOc1ccccc1C(=O)NCC(=O)NCCCOC. The average Bonchev–Trinajstić information content (AvgIpc) is 2.50. The van der Waals surface area contributed by atoms with E-state index >= 15 is 0 Å². The van der Waals surface area contributed by atoms with E-state index in [1.807, 2.05) is 6.92 Å². The summed E-state index contributed by atoms with van der Waals surface area (Å²) in [5.41, 5.74) is 0.423. The fourth-order valence-corrected chi connectivity index (χ4v) is 1.70. The summed E-state index contributed by atoms with van der Waals surface area (Å²) >= 11 is 0. The van der Waals surface area contributed by atoms with E-state index < -0.39 is 0 Å². The van der Waals surface area contributed by atoms with Crippen molar-refractivity contribution in [3.63, 3.8) is 0 Å². The molecule has 0 heterocycles. The Morgan fingerprint density at radius 3 is 2.67 bits per heavy atom. The molecule has 0 bridgehead atoms. The zero-order valence-corrected chi connectivity index (χ0v) is 12.5. The normalized spacial score (nSPS) is 10.0. The highest BCUT2D eigenvalue weighted by Crippen LogP contribution is 2.17. The second kappa shape index (κ2) is 9.77. The molecule has 1 rings (SSSR count). The van der Waals surface area contributed by atoms with Crippen molar-refractivity contribution in [1.29, 1.82) is 0 Å². The minimum atomic E-state index is -0.328. The Balaban J connectivity index is 2.41. The molecule has 6 heteroatoms. The largest absolute Gasteiger partial charge is 0.493 e. The van der Waals surface area contributed by atoms with Crippen molar-refractivity contribution in [2.24, 2.45) is 0 Å². The summed E-state index contributed by atoms with van der Waals surface area (Å²) in [6.45, 7) is 3.38. The highest BCUT2D eigenvalue weighted by atomic mass is 16.5. The average molecular weight is 294 g/mol. The number of carbonyl (C=O) groups excluding carboxylic acids is 2. The van der Waals surface area contributed by atoms with Gasteiger partial charge in [0.2, 0.25) is 5.91 Å². The molecule has 0 aliphatic carbocycles. The van der Waals surface area contributed by atoms with Gasteiger partial charge in [-0.25, -0.2) is 0 Å². The van der Waals surface area contributed by atoms with E-state index in [-0.39, 0.29) is 18.4 Å². The molecule has 0 saturated heterocycles. The van der Waals surface area contributed by atoms with Crippen LogP contribution in [0.1, 0.15) is 23.7 Å². The molecule has 0 unspecified atom stereocenters. The van der Waals surface area contributed by atoms with Gasteiger partial charge in [0.25, 0.3) is 5.91 Å². The van der Waals surface area contributed by atoms with Crippen LogP contribution in [-0.4, -0.2) is 45.2 Å². The van der Waals surface area contributed by atoms with E-state index in [2.05, 4.69) is 10.6 Å². The molecule has 21 heavy (non-hydrogen) atoms. The first kappa shape index (κ1) is 17.0. The van der Waals surface area contributed by atoms with E-state index in [1.165, 1.54) is 0 Å². The van der Waals surface area contributed by atoms with Gasteiger partial charge in [-0.2, -0.15) is 0 Å². The van der Waals surface area contributed by atoms with Crippen LogP contribution >= 0.6 is 0 Å². The summed E-state index contributed by atoms with van der Waals surface area (Å²) in [7, 11) is 1.61. The van der Waals surface area contributed by atoms with Crippen molar-refractivity contribution in [3.05, 3.63) is 29.8 Å². The third-order valence-electron chi connectivity index (χ3n) is 2.69. The highest BCUT2D eigenvalue weighted by molar-refractivity contribution is 5.98. The molecule has 0 saturated carbocycles. The predicted molar refractivity (Wildman–Crippen MR) is 79.4 cm³/mol. The van der Waals surface area contributed by atoms with Gasteiger partial charge in [-0.3, -0.25) is 9.59 Å². The molecule has 1 aromatic rings. The van der Waals surface area contributed by atoms with Crippen LogP contribution in [0.4, 0.5) is 0 Å². The number of hydrogen-bond acceptors (Lipinski definition) is 4. The van der Waals surface area contributed by atoms with Crippen LogP contribution in [-0.2, 0) is 9.53 Å². The Morgan fingerprint density at radius 1 is 1.19 bits per heavy atom. The molecule has 0 aromatic heterocycles. The highest BCUT2D eigenvalue weighted by Gasteiger charge is 2.12. The fraction of sp³-hybridized carbons (Fsp3) is 0.467. The number of nitrogens with one attached hydrogen (secondary N) is 2. The number of ether oxygens (including phenoxy) is 2. The van der Waals surface area contributed by atoms with Gasteiger partial charge in [-0.15, -0.1) is 0 Å². The van der Waals surface area contributed by atoms with Crippen LogP contribution in [0.25, 0.3) is 0 Å². The minimum Gasteiger partial charge on any atom is -0.493 e. The van der Waals surface area contributed by atoms with Gasteiger partial charge < -0.3 is 20.1 Å². The molecular formula is C15H22N2O4. The lowest BCUT2D eigenvalue weighted by Crippen LogP contribution is -2.37. The number of rotatable bonds is 9. The Labute approximate surface area is 124 Å². The first-order chi connectivity index (χ1) is 10.2. The van der Waals surface area contributed by atoms with Crippen molar-refractivity contribution < 1.29 is 19.1 Å². The summed E-state index contributed by atoms with van der Waals surface area (Å²) in [6, 6.07) is 6.94. The van der Waals surface area contributed by atoms with Gasteiger partial charge in [0.15, 0.2) is 0 Å². The predicted octanol–water partition coefficient (Wildman–Crippen LogP) is 0.968. The third kappa shape index (κ3) is 6.27. The number of hydrogen-bond donors (Lipinski definition) is 2. The number of methoxy groups -OCH3 is 1. The van der Waals surface area contributed by atoms with Crippen molar-refractivity contribution in [1.82, 2.24) is 10.6 Å². The van der Waals surface area contributed by atoms with Crippen LogP contribution in [0.3, 0.4) is 0 Å². The lowest BCUT2D eigenvalue weighted by molar-refractivity contribution is -0.120. The monoisotopic (exact) mass is 294 g/mol. The van der Waals surface area contributed by atoms with Crippen LogP contribution in [0, 0.1) is 0 Å². The summed E-state index contributed by atoms with van der Waals surface area (Å²) in [5.74, 6) is -0.0440. The number of para-hydroxylation sites is 1. The number of amides is 2. The fourth-order valence-electron chi connectivity index (χ4n) is 1.70. The Kier molecular flexibility index (Phi) is 7.89. The zero-order valence-electron chi connectivity index (χ0n) is 12.5. The second-order valence-electron chi connectivity index (χ2n) is 4.31. The van der Waals surface area contributed by atoms with Crippen LogP contribution in [0.2, 0.25) is 0 Å². The maximum Gasteiger partial charge on any atom is 0.255 e. The van der Waals surface area contributed by atoms with E-state index in [0.29, 0.717) is 31.1 Å². The quantitative estimate of drug-likeness (QED) is 0.665. The molecule has 116 valence electrons. The molecule has 0 radical (unpaired) electrons. The lowest BCUT2D eigenvalue weighted by Gasteiger charge is -2.10. The molecular weight excluding hydrogens is 272 g/mol. The van der Waals surface area contributed by atoms with Crippen LogP contribution < -0.4 is 15.4 Å². The summed E-state index contributed by atoms with van der Waals surface area (Å²) in [4.78, 5) is 23.6. The van der Waals surface area contributed by atoms with Crippen molar-refractivity contribution >= 4 is 11.8 Å². The van der Waals surface area contributed by atoms with Crippen molar-refractivity contribution in [3.8, 4) is 5.75 Å². The molecule has 0 atom stereocenters. The molecule has 6 nitrogen and oxygen atoms in total. The smallest absolute Gasteiger partial charge is 0.255 e. The van der Waals surface area contributed by atoms with E-state index in [0.717, 1.165) is 6.42 Å². The lowest BCUT2D eigenvalue weighted by atomic mass is 10.2. The molecule has 2 amide bonds. The third-order valence-corrected chi connectivity index (χ3v) is 2.69. The topological polar surface area (TPSA) is 76.7 Å². The van der Waals surface area contributed by atoms with Crippen molar-refractivity contribution in [2.75, 3.05) is 33.4 Å². The Bertz CT molecular complexity index is 463. The van der Waals surface area contributed by atoms with Gasteiger partial charge in [-0.1, -0.05) is 12.1 Å². The van der Waals surface area contributed by atoms with Crippen LogP contribution in [0.5, 0.6) is 5.75 Å². The van der Waals surface area contributed by atoms with Gasteiger partial charge in [0, 0.05) is 20.3 Å². The minimum absolute atomic E-state index is 0.0632. The molecule has 1 aromatic carbocycles. The molecule has 0 aliphatic heterocycles. The summed E-state index contributed by atoms with van der Waals surface area (Å²) < 4.78 is 10.3. The van der Waals surface area contributed by atoms with E-state index in [1.54, 1.807) is 31.4 Å². The van der Waals surface area contributed by atoms with E-state index in [9.17, 15) is 9.59 Å². The molecule has 2 N–H and O–H groups in total. The van der Waals surface area contributed by atoms with Crippen LogP contribution in [0.15, 0.2) is 24.3 Å². The number of carbonyl (C=O) groups is 2. The van der Waals surface area contributed by atoms with Gasteiger partial charge in [0.05, 0.1) is 18.7 Å². The van der Waals surface area contributed by atoms with Gasteiger partial charge >= 0.3 is 0 Å². The summed E-state index contributed by atoms with van der Waals surface area (Å²) in [5, 5.41) is 5.28. The maximum absolute atomic E-state index is 12.0. The van der Waals surface area contributed by atoms with E-state index in [4.69, 9.17) is 9.47 Å². The molecule has 0 fully saturated rings. The Hall–Kier alpha value is -2.08. The molecule has 0 spiro atoms. The Morgan fingerprint density at radius 2 is 1.95 bits per heavy atom. The number of benzene rings is 1. The first-order valence-corrected chi connectivity index (χ1v) is 6.94. The first-order valence-electron chi connectivity index (χ1n) is 6.94. The van der Waals surface area contributed by atoms with Crippen molar-refractivity contribution in [2.45, 2.75) is 13.3 Å². The second-order valence-corrected chi connectivity index (χ2v) is 4.31. The van der Waals surface area contributed by atoms with Gasteiger partial charge in [0.1, 0.15) is 5.75 Å². The molecule has 0 aliphatic rings. The summed E-state index contributed by atoms with van der Waals surface area (Å²) in [6.07, 6.45) is 0.739. The standard InChI is InChI=1S/C15H22N2O4/c1-3-21-13-8-5-4-7-12(13)15(19)17-11-14(18)16-9-6-10-20-2/h4-5,7-8H,3,6,9-11H2,1-2H3,(H,16,18)(H,17,19). The van der Waals surface area contributed by atoms with Gasteiger partial charge in [-0.05, 0) is 25.5 Å². The zero-order chi connectivity index (χ0) is 15.5.